The molecule has 1 rings (SSSR count). The highest BCUT2D eigenvalue weighted by Gasteiger charge is 2.14. The first-order valence-corrected chi connectivity index (χ1v) is 7.32. The summed E-state index contributed by atoms with van der Waals surface area (Å²) in [7, 11) is 0. The van der Waals surface area contributed by atoms with Gasteiger partial charge < -0.3 is 5.32 Å². The van der Waals surface area contributed by atoms with E-state index >= 15 is 0 Å². The molecular formula is C12H15BrClNOS. The normalized spacial score (nSPS) is 11.4. The first-order chi connectivity index (χ1) is 7.78. The Morgan fingerprint density at radius 3 is 2.71 bits per heavy atom. The number of benzene rings is 1. The number of carbonyl (C=O) groups excluding carboxylic acids is 1. The second kappa shape index (κ2) is 6.12. The molecule has 0 fully saturated rings. The van der Waals surface area contributed by atoms with Crippen molar-refractivity contribution < 1.29 is 4.79 Å². The lowest BCUT2D eigenvalue weighted by Gasteiger charge is -2.17. The molecule has 1 amide bonds. The summed E-state index contributed by atoms with van der Waals surface area (Å²) in [6.45, 7) is 6.25. The summed E-state index contributed by atoms with van der Waals surface area (Å²) < 4.78 is 0.916. The van der Waals surface area contributed by atoms with E-state index in [2.05, 4.69) is 42.0 Å². The van der Waals surface area contributed by atoms with Crippen LogP contribution in [0.2, 0.25) is 5.02 Å². The van der Waals surface area contributed by atoms with Crippen LogP contribution in [0.5, 0.6) is 0 Å². The average molecular weight is 337 g/mol. The molecule has 0 radical (unpaired) electrons. The van der Waals surface area contributed by atoms with Gasteiger partial charge >= 0.3 is 0 Å². The van der Waals surface area contributed by atoms with E-state index in [0.717, 1.165) is 4.47 Å². The van der Waals surface area contributed by atoms with Crippen molar-refractivity contribution >= 4 is 50.9 Å². The second-order valence-corrected chi connectivity index (χ2v) is 7.67. The van der Waals surface area contributed by atoms with Gasteiger partial charge in [-0.05, 0) is 34.1 Å². The largest absolute Gasteiger partial charge is 0.324 e. The summed E-state index contributed by atoms with van der Waals surface area (Å²) in [4.78, 5) is 11.7. The van der Waals surface area contributed by atoms with E-state index in [9.17, 15) is 4.79 Å². The molecule has 0 aromatic heterocycles. The SMILES string of the molecule is CC(C)(C)SCC(=O)Nc1cc(Cl)ccc1Br. The summed E-state index contributed by atoms with van der Waals surface area (Å²) in [5.41, 5.74) is 0.706. The van der Waals surface area contributed by atoms with E-state index in [-0.39, 0.29) is 10.7 Å². The van der Waals surface area contributed by atoms with Gasteiger partial charge in [-0.3, -0.25) is 4.79 Å². The minimum Gasteiger partial charge on any atom is -0.324 e. The van der Waals surface area contributed by atoms with Gasteiger partial charge in [0.05, 0.1) is 11.4 Å². The van der Waals surface area contributed by atoms with Crippen LogP contribution in [0, 0.1) is 0 Å². The van der Waals surface area contributed by atoms with Crippen LogP contribution < -0.4 is 5.32 Å². The van der Waals surface area contributed by atoms with Gasteiger partial charge in [-0.15, -0.1) is 11.8 Å². The highest BCUT2D eigenvalue weighted by atomic mass is 79.9. The number of hydrogen-bond acceptors (Lipinski definition) is 2. The molecule has 0 unspecified atom stereocenters. The van der Waals surface area contributed by atoms with E-state index in [1.165, 1.54) is 0 Å². The molecule has 94 valence electrons. The lowest BCUT2D eigenvalue weighted by atomic mass is 10.3. The van der Waals surface area contributed by atoms with E-state index in [4.69, 9.17) is 11.6 Å². The fourth-order valence-corrected chi connectivity index (χ4v) is 2.22. The molecular weight excluding hydrogens is 322 g/mol. The number of thioether (sulfide) groups is 1. The van der Waals surface area contributed by atoms with E-state index < -0.39 is 0 Å². The standard InChI is InChI=1S/C12H15BrClNOS/c1-12(2,3)17-7-11(16)15-10-6-8(14)4-5-9(10)13/h4-6H,7H2,1-3H3,(H,15,16). The summed E-state index contributed by atoms with van der Waals surface area (Å²) >= 11 is 10.9. The maximum Gasteiger partial charge on any atom is 0.234 e. The Hall–Kier alpha value is -0.190. The number of hydrogen-bond donors (Lipinski definition) is 1. The van der Waals surface area contributed by atoms with Crippen molar-refractivity contribution in [2.24, 2.45) is 0 Å². The Labute approximate surface area is 120 Å². The van der Waals surface area contributed by atoms with Gasteiger partial charge in [0.15, 0.2) is 0 Å². The summed E-state index contributed by atoms with van der Waals surface area (Å²) in [5, 5.41) is 3.44. The zero-order valence-corrected chi connectivity index (χ0v) is 13.2. The predicted molar refractivity (Wildman–Crippen MR) is 80.0 cm³/mol. The monoisotopic (exact) mass is 335 g/mol. The molecule has 0 saturated heterocycles. The molecule has 0 spiro atoms. The first-order valence-electron chi connectivity index (χ1n) is 5.17. The smallest absolute Gasteiger partial charge is 0.234 e. The quantitative estimate of drug-likeness (QED) is 0.876. The minimum absolute atomic E-state index is 0.0205. The Kier molecular flexibility index (Phi) is 5.35. The molecule has 0 atom stereocenters. The number of carbonyl (C=O) groups is 1. The maximum absolute atomic E-state index is 11.7. The van der Waals surface area contributed by atoms with Crippen LogP contribution in [0.3, 0.4) is 0 Å². The minimum atomic E-state index is -0.0205. The number of rotatable bonds is 3. The molecule has 1 aromatic carbocycles. The van der Waals surface area contributed by atoms with Crippen molar-refractivity contribution in [2.75, 3.05) is 11.1 Å². The highest BCUT2D eigenvalue weighted by Crippen LogP contribution is 2.27. The van der Waals surface area contributed by atoms with Crippen LogP contribution in [0.25, 0.3) is 0 Å². The summed E-state index contributed by atoms with van der Waals surface area (Å²) in [5.74, 6) is 0.413. The van der Waals surface area contributed by atoms with Crippen LogP contribution in [0.1, 0.15) is 20.8 Å². The van der Waals surface area contributed by atoms with E-state index in [1.54, 1.807) is 23.9 Å². The van der Waals surface area contributed by atoms with Crippen LogP contribution >= 0.6 is 39.3 Å². The van der Waals surface area contributed by atoms with Crippen molar-refractivity contribution in [1.29, 1.82) is 0 Å². The second-order valence-electron chi connectivity index (χ2n) is 4.57. The Bertz CT molecular complexity index is 417. The zero-order chi connectivity index (χ0) is 13.1. The number of nitrogens with one attached hydrogen (secondary N) is 1. The van der Waals surface area contributed by atoms with Crippen molar-refractivity contribution in [2.45, 2.75) is 25.5 Å². The molecule has 5 heteroatoms. The zero-order valence-electron chi connectivity index (χ0n) is 10.0. The van der Waals surface area contributed by atoms with Gasteiger partial charge in [-0.25, -0.2) is 0 Å². The van der Waals surface area contributed by atoms with Crippen LogP contribution in [-0.4, -0.2) is 16.4 Å². The summed E-state index contributed by atoms with van der Waals surface area (Å²) in [6, 6.07) is 5.31. The van der Waals surface area contributed by atoms with Gasteiger partial charge in [0.1, 0.15) is 0 Å². The third-order valence-corrected chi connectivity index (χ3v) is 4.04. The van der Waals surface area contributed by atoms with Crippen molar-refractivity contribution in [3.63, 3.8) is 0 Å². The first kappa shape index (κ1) is 14.9. The molecule has 0 aliphatic heterocycles. The number of anilines is 1. The third-order valence-electron chi connectivity index (χ3n) is 1.84. The topological polar surface area (TPSA) is 29.1 Å². The molecule has 0 bridgehead atoms. The Morgan fingerprint density at radius 1 is 1.47 bits per heavy atom. The maximum atomic E-state index is 11.7. The highest BCUT2D eigenvalue weighted by molar-refractivity contribution is 9.10. The van der Waals surface area contributed by atoms with Crippen LogP contribution in [0.4, 0.5) is 5.69 Å². The number of halogens is 2. The molecule has 0 aliphatic rings. The van der Waals surface area contributed by atoms with Crippen molar-refractivity contribution in [3.05, 3.63) is 27.7 Å². The molecule has 0 heterocycles. The van der Waals surface area contributed by atoms with Gasteiger partial charge in [0, 0.05) is 14.2 Å². The molecule has 1 aromatic rings. The summed E-state index contributed by atoms with van der Waals surface area (Å²) in [6.07, 6.45) is 0. The van der Waals surface area contributed by atoms with Gasteiger partial charge in [-0.2, -0.15) is 0 Å². The lowest BCUT2D eigenvalue weighted by Crippen LogP contribution is -2.19. The third kappa shape index (κ3) is 5.80. The van der Waals surface area contributed by atoms with Crippen LogP contribution in [-0.2, 0) is 4.79 Å². The van der Waals surface area contributed by atoms with E-state index in [0.29, 0.717) is 16.5 Å². The van der Waals surface area contributed by atoms with Crippen LogP contribution in [0.15, 0.2) is 22.7 Å². The van der Waals surface area contributed by atoms with Gasteiger partial charge in [0.25, 0.3) is 0 Å². The number of amides is 1. The molecule has 17 heavy (non-hydrogen) atoms. The van der Waals surface area contributed by atoms with E-state index in [1.807, 2.05) is 6.07 Å². The van der Waals surface area contributed by atoms with Gasteiger partial charge in [-0.1, -0.05) is 32.4 Å². The fraction of sp³-hybridized carbons (Fsp3) is 0.417. The Morgan fingerprint density at radius 2 is 2.12 bits per heavy atom. The molecule has 0 saturated carbocycles. The molecule has 1 N–H and O–H groups in total. The Balaban J connectivity index is 2.59. The molecule has 0 aliphatic carbocycles. The average Bonchev–Trinajstić information content (AvgIpc) is 2.20. The molecule has 2 nitrogen and oxygen atoms in total. The lowest BCUT2D eigenvalue weighted by molar-refractivity contribution is -0.113. The van der Waals surface area contributed by atoms with Crippen molar-refractivity contribution in [1.82, 2.24) is 0 Å². The van der Waals surface area contributed by atoms with Gasteiger partial charge in [0.2, 0.25) is 5.91 Å². The van der Waals surface area contributed by atoms with Crippen molar-refractivity contribution in [3.8, 4) is 0 Å². The fourth-order valence-electron chi connectivity index (χ4n) is 1.06. The predicted octanol–water partition coefficient (Wildman–Crippen LogP) is 4.57.